The predicted molar refractivity (Wildman–Crippen MR) is 69.0 cm³/mol. The van der Waals surface area contributed by atoms with Crippen LogP contribution in [0.1, 0.15) is 37.9 Å². The van der Waals surface area contributed by atoms with Gasteiger partial charge in [-0.15, -0.1) is 11.3 Å². The molecule has 0 spiro atoms. The number of aromatic nitrogens is 1. The molecule has 92 valence electrons. The van der Waals surface area contributed by atoms with Crippen molar-refractivity contribution in [1.82, 2.24) is 10.3 Å². The minimum atomic E-state index is -0.155. The van der Waals surface area contributed by atoms with Crippen molar-refractivity contribution in [3.05, 3.63) is 16.1 Å². The van der Waals surface area contributed by atoms with E-state index in [4.69, 9.17) is 4.74 Å². The van der Waals surface area contributed by atoms with E-state index < -0.39 is 0 Å². The molecule has 0 aliphatic rings. The Bertz CT molecular complexity index is 349. The Hall–Kier alpha value is -0.450. The standard InChI is InChI=1S/C12H22N2OS/c1-9-7-16-10(14-9)12(4,13-5)8-11(2,3)15-6/h7,13H,8H2,1-6H3. The fraction of sp³-hybridized carbons (Fsp3) is 0.750. The third kappa shape index (κ3) is 3.03. The average molecular weight is 242 g/mol. The molecule has 1 atom stereocenters. The van der Waals surface area contributed by atoms with Crippen LogP contribution in [0.4, 0.5) is 0 Å². The fourth-order valence-electron chi connectivity index (χ4n) is 1.80. The second kappa shape index (κ2) is 4.82. The molecule has 3 nitrogen and oxygen atoms in total. The molecule has 1 aromatic heterocycles. The highest BCUT2D eigenvalue weighted by Crippen LogP contribution is 2.33. The van der Waals surface area contributed by atoms with Gasteiger partial charge in [-0.05, 0) is 34.7 Å². The van der Waals surface area contributed by atoms with E-state index in [2.05, 4.69) is 36.5 Å². The quantitative estimate of drug-likeness (QED) is 0.862. The first-order valence-electron chi connectivity index (χ1n) is 5.50. The second-order valence-electron chi connectivity index (χ2n) is 5.02. The number of nitrogens with zero attached hydrogens (tertiary/aromatic N) is 1. The minimum absolute atomic E-state index is 0.127. The van der Waals surface area contributed by atoms with Crippen molar-refractivity contribution in [1.29, 1.82) is 0 Å². The van der Waals surface area contributed by atoms with Crippen LogP contribution in [-0.2, 0) is 10.3 Å². The number of methoxy groups -OCH3 is 1. The van der Waals surface area contributed by atoms with E-state index in [9.17, 15) is 0 Å². The Morgan fingerprint density at radius 2 is 2.06 bits per heavy atom. The predicted octanol–water partition coefficient (Wildman–Crippen LogP) is 2.70. The largest absolute Gasteiger partial charge is 0.379 e. The molecule has 4 heteroatoms. The number of hydrogen-bond acceptors (Lipinski definition) is 4. The molecular formula is C12H22N2OS. The lowest BCUT2D eigenvalue weighted by atomic mass is 9.88. The van der Waals surface area contributed by atoms with Crippen molar-refractivity contribution in [3.63, 3.8) is 0 Å². The Labute approximate surface area is 102 Å². The van der Waals surface area contributed by atoms with Gasteiger partial charge in [-0.3, -0.25) is 0 Å². The highest BCUT2D eigenvalue weighted by molar-refractivity contribution is 7.09. The van der Waals surface area contributed by atoms with Crippen LogP contribution in [0.25, 0.3) is 0 Å². The fourth-order valence-corrected chi connectivity index (χ4v) is 2.77. The molecule has 1 rings (SSSR count). The Morgan fingerprint density at radius 1 is 1.44 bits per heavy atom. The van der Waals surface area contributed by atoms with Crippen LogP contribution in [-0.4, -0.2) is 24.7 Å². The Kier molecular flexibility index (Phi) is 4.10. The van der Waals surface area contributed by atoms with Crippen molar-refractivity contribution in [2.45, 2.75) is 45.3 Å². The lowest BCUT2D eigenvalue weighted by molar-refractivity contribution is -0.00615. The van der Waals surface area contributed by atoms with Gasteiger partial charge in [0.25, 0.3) is 0 Å². The van der Waals surface area contributed by atoms with Gasteiger partial charge in [0, 0.05) is 24.6 Å². The maximum absolute atomic E-state index is 5.50. The van der Waals surface area contributed by atoms with E-state index in [0.29, 0.717) is 0 Å². The molecule has 0 bridgehead atoms. The van der Waals surface area contributed by atoms with E-state index >= 15 is 0 Å². The van der Waals surface area contributed by atoms with Gasteiger partial charge in [0.15, 0.2) is 0 Å². The van der Waals surface area contributed by atoms with E-state index in [1.54, 1.807) is 18.4 Å². The van der Waals surface area contributed by atoms with E-state index in [1.807, 2.05) is 14.0 Å². The van der Waals surface area contributed by atoms with Gasteiger partial charge in [-0.25, -0.2) is 4.98 Å². The van der Waals surface area contributed by atoms with Gasteiger partial charge in [0.05, 0.1) is 11.1 Å². The summed E-state index contributed by atoms with van der Waals surface area (Å²) in [7, 11) is 3.73. The van der Waals surface area contributed by atoms with Crippen LogP contribution in [0.2, 0.25) is 0 Å². The summed E-state index contributed by atoms with van der Waals surface area (Å²) in [6.07, 6.45) is 0.889. The van der Waals surface area contributed by atoms with Gasteiger partial charge in [0.2, 0.25) is 0 Å². The number of rotatable bonds is 5. The lowest BCUT2D eigenvalue weighted by Gasteiger charge is -2.35. The second-order valence-corrected chi connectivity index (χ2v) is 5.87. The molecule has 0 fully saturated rings. The summed E-state index contributed by atoms with van der Waals surface area (Å²) < 4.78 is 5.50. The zero-order valence-electron chi connectivity index (χ0n) is 11.0. The number of thiazole rings is 1. The van der Waals surface area contributed by atoms with Crippen molar-refractivity contribution < 1.29 is 4.74 Å². The molecule has 16 heavy (non-hydrogen) atoms. The molecule has 1 N–H and O–H groups in total. The van der Waals surface area contributed by atoms with Crippen LogP contribution < -0.4 is 5.32 Å². The van der Waals surface area contributed by atoms with E-state index in [-0.39, 0.29) is 11.1 Å². The van der Waals surface area contributed by atoms with Crippen molar-refractivity contribution in [3.8, 4) is 0 Å². The number of hydrogen-bond donors (Lipinski definition) is 1. The van der Waals surface area contributed by atoms with Crippen molar-refractivity contribution in [2.24, 2.45) is 0 Å². The minimum Gasteiger partial charge on any atom is -0.379 e. The first kappa shape index (κ1) is 13.6. The first-order chi connectivity index (χ1) is 7.33. The number of aryl methyl sites for hydroxylation is 1. The topological polar surface area (TPSA) is 34.1 Å². The van der Waals surface area contributed by atoms with Gasteiger partial charge in [-0.1, -0.05) is 0 Å². The van der Waals surface area contributed by atoms with Crippen LogP contribution in [0.5, 0.6) is 0 Å². The zero-order chi connectivity index (χ0) is 12.4. The summed E-state index contributed by atoms with van der Waals surface area (Å²) in [5, 5.41) is 6.58. The molecule has 0 saturated heterocycles. The van der Waals surface area contributed by atoms with E-state index in [0.717, 1.165) is 17.1 Å². The van der Waals surface area contributed by atoms with Gasteiger partial charge in [0.1, 0.15) is 5.01 Å². The van der Waals surface area contributed by atoms with Crippen LogP contribution in [0, 0.1) is 6.92 Å². The van der Waals surface area contributed by atoms with Crippen LogP contribution in [0.3, 0.4) is 0 Å². The zero-order valence-corrected chi connectivity index (χ0v) is 11.9. The third-order valence-electron chi connectivity index (χ3n) is 2.97. The summed E-state index contributed by atoms with van der Waals surface area (Å²) >= 11 is 1.70. The molecule has 0 aromatic carbocycles. The molecule has 1 aromatic rings. The Morgan fingerprint density at radius 3 is 2.44 bits per heavy atom. The summed E-state index contributed by atoms with van der Waals surface area (Å²) in [5.74, 6) is 0. The van der Waals surface area contributed by atoms with Gasteiger partial charge in [-0.2, -0.15) is 0 Å². The summed E-state index contributed by atoms with van der Waals surface area (Å²) in [4.78, 5) is 4.57. The maximum Gasteiger partial charge on any atom is 0.113 e. The molecule has 0 saturated carbocycles. The normalized spacial score (nSPS) is 16.1. The Balaban J connectivity index is 2.94. The molecular weight excluding hydrogens is 220 g/mol. The molecule has 1 unspecified atom stereocenters. The van der Waals surface area contributed by atoms with Gasteiger partial charge < -0.3 is 10.1 Å². The molecule has 0 aliphatic carbocycles. The van der Waals surface area contributed by atoms with Crippen LogP contribution in [0.15, 0.2) is 5.38 Å². The molecule has 0 amide bonds. The molecule has 0 radical (unpaired) electrons. The average Bonchev–Trinajstić information content (AvgIpc) is 2.65. The summed E-state index contributed by atoms with van der Waals surface area (Å²) in [6, 6.07) is 0. The van der Waals surface area contributed by atoms with Gasteiger partial charge >= 0.3 is 0 Å². The summed E-state index contributed by atoms with van der Waals surface area (Å²) in [5.41, 5.74) is 0.798. The highest BCUT2D eigenvalue weighted by Gasteiger charge is 2.34. The van der Waals surface area contributed by atoms with Crippen LogP contribution >= 0.6 is 11.3 Å². The van der Waals surface area contributed by atoms with Crippen molar-refractivity contribution >= 4 is 11.3 Å². The smallest absolute Gasteiger partial charge is 0.113 e. The molecule has 1 heterocycles. The van der Waals surface area contributed by atoms with E-state index in [1.165, 1.54) is 0 Å². The number of nitrogens with one attached hydrogen (secondary N) is 1. The monoisotopic (exact) mass is 242 g/mol. The first-order valence-corrected chi connectivity index (χ1v) is 6.37. The third-order valence-corrected chi connectivity index (χ3v) is 4.20. The summed E-state index contributed by atoms with van der Waals surface area (Å²) in [6.45, 7) is 8.40. The molecule has 0 aliphatic heterocycles. The highest BCUT2D eigenvalue weighted by atomic mass is 32.1. The maximum atomic E-state index is 5.50. The lowest BCUT2D eigenvalue weighted by Crippen LogP contribution is -2.43. The SMILES string of the molecule is CNC(C)(CC(C)(C)OC)c1nc(C)cs1. The van der Waals surface area contributed by atoms with Crippen molar-refractivity contribution in [2.75, 3.05) is 14.2 Å². The number of ether oxygens (including phenoxy) is 1.